The molecule has 0 N–H and O–H groups in total. The molecule has 0 aromatic heterocycles. The van der Waals surface area contributed by atoms with Crippen molar-refractivity contribution in [3.63, 3.8) is 0 Å². The van der Waals surface area contributed by atoms with Crippen LogP contribution in [0.3, 0.4) is 0 Å². The minimum Gasteiger partial charge on any atom is -0.463 e. The fourth-order valence-electron chi connectivity index (χ4n) is 32.0. The zero-order valence-electron chi connectivity index (χ0n) is 59.0. The molecule has 22 aliphatic rings. The first-order valence-corrected chi connectivity index (χ1v) is 40.6. The topological polar surface area (TPSA) is 184 Å². The van der Waals surface area contributed by atoms with E-state index < -0.39 is 6.10 Å². The molecule has 18 bridgehead atoms. The van der Waals surface area contributed by atoms with Crippen LogP contribution in [0.4, 0.5) is 0 Å². The third-order valence-corrected chi connectivity index (χ3v) is 36.5. The molecular formula is C82H114O14. The average molecular weight is 1320 g/mol. The lowest BCUT2D eigenvalue weighted by Crippen LogP contribution is -2.44. The number of carbonyl (C=O) groups is 7. The normalized spacial score (nSPS) is 58.4. The number of cyclic esters (lactones) is 1. The van der Waals surface area contributed by atoms with Gasteiger partial charge in [0.1, 0.15) is 30.5 Å². The second kappa shape index (κ2) is 22.9. The first-order valence-electron chi connectivity index (χ1n) is 40.6. The van der Waals surface area contributed by atoms with Crippen molar-refractivity contribution < 1.29 is 66.7 Å². The fourth-order valence-corrected chi connectivity index (χ4v) is 32.0. The third-order valence-electron chi connectivity index (χ3n) is 36.5. The molecular weight excluding hydrogens is 1210 g/mol. The zero-order valence-corrected chi connectivity index (χ0v) is 59.0. The van der Waals surface area contributed by atoms with Gasteiger partial charge in [-0.05, 0) is 287 Å². The van der Waals surface area contributed by atoms with Gasteiger partial charge in [0.05, 0.1) is 42.1 Å². The Labute approximate surface area is 570 Å². The van der Waals surface area contributed by atoms with Crippen LogP contribution in [0.15, 0.2) is 0 Å². The minimum absolute atomic E-state index is 0.0384. The van der Waals surface area contributed by atoms with Crippen LogP contribution in [-0.4, -0.2) is 85.0 Å². The summed E-state index contributed by atoms with van der Waals surface area (Å²) >= 11 is 0. The van der Waals surface area contributed by atoms with E-state index in [9.17, 15) is 33.6 Å². The Hall–Kier alpha value is -3.71. The Balaban J connectivity index is 0.0000000915. The molecule has 3 aliphatic heterocycles. The minimum atomic E-state index is -0.642. The van der Waals surface area contributed by atoms with Crippen molar-refractivity contribution in [1.29, 1.82) is 0 Å². The van der Waals surface area contributed by atoms with Crippen molar-refractivity contribution in [2.75, 3.05) is 6.61 Å². The molecule has 14 nitrogen and oxygen atoms in total. The van der Waals surface area contributed by atoms with Crippen LogP contribution in [0.2, 0.25) is 0 Å². The fraction of sp³-hybridized carbons (Fsp3) is 0.915. The van der Waals surface area contributed by atoms with Gasteiger partial charge in [-0.1, -0.05) is 68.7 Å². The number of hydrogen-bond donors (Lipinski definition) is 0. The molecule has 0 radical (unpaired) electrons. The largest absolute Gasteiger partial charge is 0.463 e. The van der Waals surface area contributed by atoms with Gasteiger partial charge in [-0.15, -0.1) is 0 Å². The molecule has 0 spiro atoms. The van der Waals surface area contributed by atoms with Crippen molar-refractivity contribution in [3.8, 4) is 0 Å². The van der Waals surface area contributed by atoms with Crippen molar-refractivity contribution in [2.45, 2.75) is 227 Å². The quantitative estimate of drug-likeness (QED) is 0.127. The summed E-state index contributed by atoms with van der Waals surface area (Å²) in [6, 6.07) is 0. The summed E-state index contributed by atoms with van der Waals surface area (Å²) in [4.78, 5) is 87.2. The van der Waals surface area contributed by atoms with Gasteiger partial charge in [-0.2, -0.15) is 0 Å². The SMILES string of the molecule is CC1C(C)C2CC1C1C3CC(C(=O)OC4C5CC6C(=O)OC4C6C5)C(C3)C21.CC1C(C)C2CC1C1C3CC(C(=O)OC4C5CC6C4OC(=O)C6C5C)C(C3)C21.CC1C(C)C2CC1C1C3CC(C(=O)OC4CCOC4=O)C(C3)C21.CC1C2CC(C(=O)OC3CCCCC3)C(C2)C1C. The molecule has 22 rings (SSSR count). The molecule has 22 fully saturated rings. The summed E-state index contributed by atoms with van der Waals surface area (Å²) in [5.74, 6) is 24.0. The van der Waals surface area contributed by atoms with Gasteiger partial charge < -0.3 is 33.2 Å². The van der Waals surface area contributed by atoms with Crippen LogP contribution in [-0.2, 0) is 66.7 Å². The van der Waals surface area contributed by atoms with E-state index in [1.54, 1.807) is 0 Å². The number of rotatable bonds is 8. The van der Waals surface area contributed by atoms with Crippen molar-refractivity contribution in [2.24, 2.45) is 231 Å². The summed E-state index contributed by atoms with van der Waals surface area (Å²) in [5, 5.41) is 0. The van der Waals surface area contributed by atoms with Crippen LogP contribution in [0.5, 0.6) is 0 Å². The van der Waals surface area contributed by atoms with E-state index in [0.717, 1.165) is 194 Å². The van der Waals surface area contributed by atoms with Gasteiger partial charge >= 0.3 is 41.8 Å². The first kappa shape index (κ1) is 63.2. The van der Waals surface area contributed by atoms with Crippen LogP contribution >= 0.6 is 0 Å². The highest BCUT2D eigenvalue weighted by Gasteiger charge is 2.72. The maximum atomic E-state index is 13.3. The second-order valence-corrected chi connectivity index (χ2v) is 38.7. The molecule has 14 heteroatoms. The molecule has 44 atom stereocenters. The van der Waals surface area contributed by atoms with Crippen molar-refractivity contribution >= 4 is 41.8 Å². The average Bonchev–Trinajstić information content (AvgIpc) is 1.55. The summed E-state index contributed by atoms with van der Waals surface area (Å²) < 4.78 is 39.8. The van der Waals surface area contributed by atoms with Crippen LogP contribution in [0.1, 0.15) is 191 Å². The molecule has 96 heavy (non-hydrogen) atoms. The number of fused-ring (bicyclic) bond motifs is 31. The molecule has 44 unspecified atom stereocenters. The van der Waals surface area contributed by atoms with Gasteiger partial charge in [-0.25, -0.2) is 4.79 Å². The molecule has 0 aromatic carbocycles. The van der Waals surface area contributed by atoms with E-state index in [1.807, 2.05) is 0 Å². The lowest BCUT2D eigenvalue weighted by atomic mass is 9.62. The van der Waals surface area contributed by atoms with Gasteiger partial charge in [-0.3, -0.25) is 28.8 Å². The van der Waals surface area contributed by atoms with E-state index in [1.165, 1.54) is 64.2 Å². The zero-order chi connectivity index (χ0) is 65.8. The van der Waals surface area contributed by atoms with E-state index in [4.69, 9.17) is 33.2 Å². The summed E-state index contributed by atoms with van der Waals surface area (Å²) in [6.45, 7) is 21.9. The predicted molar refractivity (Wildman–Crippen MR) is 350 cm³/mol. The molecule has 19 aliphatic carbocycles. The Bertz CT molecular complexity index is 3170. The highest BCUT2D eigenvalue weighted by atomic mass is 16.6. The lowest BCUT2D eigenvalue weighted by molar-refractivity contribution is -0.169. The smallest absolute Gasteiger partial charge is 0.347 e. The monoisotopic (exact) mass is 1320 g/mol. The Kier molecular flexibility index (Phi) is 15.1. The lowest BCUT2D eigenvalue weighted by Gasteiger charge is -2.43. The van der Waals surface area contributed by atoms with Crippen molar-refractivity contribution in [3.05, 3.63) is 0 Å². The third kappa shape index (κ3) is 9.03. The number of carbonyl (C=O) groups excluding carboxylic acids is 7. The Morgan fingerprint density at radius 2 is 0.740 bits per heavy atom. The summed E-state index contributed by atoms with van der Waals surface area (Å²) in [6.07, 6.45) is 21.8. The molecule has 0 aromatic rings. The van der Waals surface area contributed by atoms with Crippen LogP contribution in [0.25, 0.3) is 0 Å². The molecule has 526 valence electrons. The van der Waals surface area contributed by atoms with E-state index in [0.29, 0.717) is 72.2 Å². The Morgan fingerprint density at radius 1 is 0.323 bits per heavy atom. The Morgan fingerprint density at radius 3 is 1.24 bits per heavy atom. The van der Waals surface area contributed by atoms with Gasteiger partial charge in [0.2, 0.25) is 6.10 Å². The standard InChI is InChI=1S/C24H32O4.C23H30O4.C19H26O4.C16H26O2/c1-8-9(2)13-6-12(8)19-11-4-15(20(13)19)16(5-11)23(25)27-21-14-7-17-18(10(14)3)24(26)28-22(17)21;1-8-9(2)13-7-12(8)18-10-3-14(19(13)18)16(4-10)22(24)26-20-11-5-15-17(6-11)23(25)27-21(15)20;1-8-9(2)12-7-11(8)16-10-5-13(17(12)16)14(6-10)18(20)23-15-3-4-22-19(15)21;1-10-11(2)14-8-12(10)9-15(14)16(17)18-13-6-4-3-5-7-13/h8-22H,4-7H2,1-3H3;8-21H,3-7H2,1-2H3;8-17H,3-7H2,1-2H3;10-15H,3-9H2,1-2H3. The highest BCUT2D eigenvalue weighted by molar-refractivity contribution is 5.82. The maximum absolute atomic E-state index is 13.3. The van der Waals surface area contributed by atoms with Gasteiger partial charge in [0.15, 0.2) is 0 Å². The van der Waals surface area contributed by atoms with E-state index in [-0.39, 0.29) is 108 Å². The second-order valence-electron chi connectivity index (χ2n) is 38.7. The number of esters is 7. The molecule has 0 amide bonds. The van der Waals surface area contributed by atoms with Crippen molar-refractivity contribution in [1.82, 2.24) is 0 Å². The maximum Gasteiger partial charge on any atom is 0.347 e. The highest BCUT2D eigenvalue weighted by Crippen LogP contribution is 2.75. The summed E-state index contributed by atoms with van der Waals surface area (Å²) in [7, 11) is 0. The van der Waals surface area contributed by atoms with Gasteiger partial charge in [0.25, 0.3) is 0 Å². The number of hydrogen-bond acceptors (Lipinski definition) is 14. The molecule has 3 saturated heterocycles. The molecule has 3 heterocycles. The van der Waals surface area contributed by atoms with Crippen LogP contribution < -0.4 is 0 Å². The van der Waals surface area contributed by atoms with Gasteiger partial charge in [0, 0.05) is 30.1 Å². The molecule has 19 saturated carbocycles. The summed E-state index contributed by atoms with van der Waals surface area (Å²) in [5.41, 5.74) is 0. The van der Waals surface area contributed by atoms with Crippen LogP contribution in [0, 0.1) is 231 Å². The van der Waals surface area contributed by atoms with E-state index in [2.05, 4.69) is 62.3 Å². The van der Waals surface area contributed by atoms with E-state index >= 15 is 0 Å². The number of ether oxygens (including phenoxy) is 7. The first-order chi connectivity index (χ1) is 46.2. The predicted octanol–water partition coefficient (Wildman–Crippen LogP) is 13.3.